The van der Waals surface area contributed by atoms with E-state index in [0.717, 1.165) is 12.7 Å². The maximum absolute atomic E-state index is 10.6. The number of nitrogens with zero attached hydrogens (tertiary/aromatic N) is 1. The molecular weight excluding hydrogens is 210 g/mol. The Labute approximate surface area is 94.3 Å². The summed E-state index contributed by atoms with van der Waals surface area (Å²) in [5, 5.41) is 0. The third kappa shape index (κ3) is 3.86. The molecule has 0 radical (unpaired) electrons. The Balaban J connectivity index is 2.60. The van der Waals surface area contributed by atoms with Gasteiger partial charge in [0, 0.05) is 37.8 Å². The van der Waals surface area contributed by atoms with E-state index in [9.17, 15) is 4.79 Å². The summed E-state index contributed by atoms with van der Waals surface area (Å²) in [6.07, 6.45) is 1.50. The minimum atomic E-state index is 0.367. The average molecular weight is 225 g/mol. The van der Waals surface area contributed by atoms with Gasteiger partial charge >= 0.3 is 0 Å². The van der Waals surface area contributed by atoms with Crippen LogP contribution in [-0.4, -0.2) is 38.7 Å². The molecule has 0 aliphatic rings. The molecule has 16 heavy (non-hydrogen) atoms. The van der Waals surface area contributed by atoms with Gasteiger partial charge < -0.3 is 14.2 Å². The zero-order valence-electron chi connectivity index (χ0n) is 9.43. The van der Waals surface area contributed by atoms with E-state index < -0.39 is 0 Å². The number of ether oxygens (including phenoxy) is 3. The molecule has 0 amide bonds. The minimum Gasteiger partial charge on any atom is -0.481 e. The van der Waals surface area contributed by atoms with Crippen LogP contribution in [0.25, 0.3) is 0 Å². The number of carbonyl (C=O) groups excluding carboxylic acids is 1. The van der Waals surface area contributed by atoms with Crippen LogP contribution in [0, 0.1) is 0 Å². The predicted molar refractivity (Wildman–Crippen MR) is 58.2 cm³/mol. The van der Waals surface area contributed by atoms with Crippen molar-refractivity contribution < 1.29 is 19.0 Å². The van der Waals surface area contributed by atoms with Crippen LogP contribution in [0.5, 0.6) is 11.8 Å². The van der Waals surface area contributed by atoms with Crippen LogP contribution < -0.4 is 9.47 Å². The number of aldehydes is 1. The first kappa shape index (κ1) is 12.4. The van der Waals surface area contributed by atoms with E-state index in [1.807, 2.05) is 0 Å². The second kappa shape index (κ2) is 6.79. The lowest BCUT2D eigenvalue weighted by atomic mass is 10.3. The Kier molecular flexibility index (Phi) is 5.28. The molecule has 0 aliphatic heterocycles. The smallest absolute Gasteiger partial charge is 0.217 e. The number of pyridine rings is 1. The highest BCUT2D eigenvalue weighted by Crippen LogP contribution is 2.16. The summed E-state index contributed by atoms with van der Waals surface area (Å²) in [7, 11) is 3.12. The van der Waals surface area contributed by atoms with Gasteiger partial charge in [-0.3, -0.25) is 4.79 Å². The average Bonchev–Trinajstić information content (AvgIpc) is 2.34. The molecule has 5 heteroatoms. The summed E-state index contributed by atoms with van der Waals surface area (Å²) in [4.78, 5) is 14.7. The van der Waals surface area contributed by atoms with Crippen molar-refractivity contribution in [3.05, 3.63) is 17.7 Å². The van der Waals surface area contributed by atoms with Crippen LogP contribution in [0.1, 0.15) is 16.8 Å². The fourth-order valence-corrected chi connectivity index (χ4v) is 1.13. The second-order valence-electron chi connectivity index (χ2n) is 3.09. The van der Waals surface area contributed by atoms with Crippen LogP contribution in [0.3, 0.4) is 0 Å². The Bertz CT molecular complexity index is 341. The summed E-state index contributed by atoms with van der Waals surface area (Å²) in [6.45, 7) is 1.12. The van der Waals surface area contributed by atoms with E-state index in [-0.39, 0.29) is 0 Å². The quantitative estimate of drug-likeness (QED) is 0.517. The normalized spacial score (nSPS) is 9.88. The van der Waals surface area contributed by atoms with Crippen molar-refractivity contribution in [3.8, 4) is 11.8 Å². The Morgan fingerprint density at radius 3 is 2.62 bits per heavy atom. The van der Waals surface area contributed by atoms with Crippen molar-refractivity contribution in [2.45, 2.75) is 6.42 Å². The van der Waals surface area contributed by atoms with Crippen LogP contribution in [0.15, 0.2) is 12.1 Å². The lowest BCUT2D eigenvalue weighted by molar-refractivity contribution is 0.112. The van der Waals surface area contributed by atoms with Gasteiger partial charge in [0.2, 0.25) is 11.8 Å². The molecule has 0 bridgehead atoms. The predicted octanol–water partition coefficient (Wildman–Crippen LogP) is 1.32. The third-order valence-corrected chi connectivity index (χ3v) is 1.89. The minimum absolute atomic E-state index is 0.367. The SMILES string of the molecule is COCCCOc1cc(C=O)cc(OC)n1. The molecular formula is C11H15NO4. The molecule has 0 saturated heterocycles. The number of aromatic nitrogens is 1. The first-order chi connectivity index (χ1) is 7.80. The summed E-state index contributed by atoms with van der Waals surface area (Å²) < 4.78 is 15.2. The van der Waals surface area contributed by atoms with Crippen LogP contribution in [0.4, 0.5) is 0 Å². The number of rotatable bonds is 7. The van der Waals surface area contributed by atoms with Crippen LogP contribution in [-0.2, 0) is 4.74 Å². The molecule has 0 spiro atoms. The molecule has 1 aromatic heterocycles. The van der Waals surface area contributed by atoms with Gasteiger partial charge in [0.25, 0.3) is 0 Å². The molecule has 0 aliphatic carbocycles. The number of carbonyl (C=O) groups is 1. The summed E-state index contributed by atoms with van der Waals surface area (Å²) in [6, 6.07) is 3.12. The van der Waals surface area contributed by atoms with Gasteiger partial charge in [-0.05, 0) is 0 Å². The van der Waals surface area contributed by atoms with E-state index >= 15 is 0 Å². The number of hydrogen-bond acceptors (Lipinski definition) is 5. The first-order valence-corrected chi connectivity index (χ1v) is 4.93. The van der Waals surface area contributed by atoms with Crippen molar-refractivity contribution in [1.82, 2.24) is 4.98 Å². The van der Waals surface area contributed by atoms with Crippen LogP contribution in [0.2, 0.25) is 0 Å². The molecule has 0 atom stereocenters. The van der Waals surface area contributed by atoms with E-state index in [2.05, 4.69) is 4.98 Å². The van der Waals surface area contributed by atoms with Crippen molar-refractivity contribution >= 4 is 6.29 Å². The van der Waals surface area contributed by atoms with Gasteiger partial charge in [-0.2, -0.15) is 4.98 Å². The third-order valence-electron chi connectivity index (χ3n) is 1.89. The van der Waals surface area contributed by atoms with Gasteiger partial charge in [0.1, 0.15) is 6.29 Å². The Morgan fingerprint density at radius 1 is 1.25 bits per heavy atom. The fourth-order valence-electron chi connectivity index (χ4n) is 1.13. The van der Waals surface area contributed by atoms with Crippen LogP contribution >= 0.6 is 0 Å². The second-order valence-corrected chi connectivity index (χ2v) is 3.09. The molecule has 1 rings (SSSR count). The van der Waals surface area contributed by atoms with Crippen molar-refractivity contribution in [2.24, 2.45) is 0 Å². The molecule has 88 valence electrons. The van der Waals surface area contributed by atoms with E-state index in [4.69, 9.17) is 14.2 Å². The molecule has 0 aromatic carbocycles. The largest absolute Gasteiger partial charge is 0.481 e. The Morgan fingerprint density at radius 2 is 2.00 bits per heavy atom. The van der Waals surface area contributed by atoms with Crippen molar-refractivity contribution in [3.63, 3.8) is 0 Å². The van der Waals surface area contributed by atoms with E-state index in [1.54, 1.807) is 19.2 Å². The number of hydrogen-bond donors (Lipinski definition) is 0. The summed E-state index contributed by atoms with van der Waals surface area (Å²) in [5.74, 6) is 0.754. The van der Waals surface area contributed by atoms with Gasteiger partial charge in [-0.1, -0.05) is 0 Å². The molecule has 0 unspecified atom stereocenters. The highest BCUT2D eigenvalue weighted by molar-refractivity contribution is 5.75. The molecule has 1 aromatic rings. The maximum atomic E-state index is 10.6. The first-order valence-electron chi connectivity index (χ1n) is 4.93. The maximum Gasteiger partial charge on any atom is 0.217 e. The number of methoxy groups -OCH3 is 2. The fraction of sp³-hybridized carbons (Fsp3) is 0.455. The molecule has 0 fully saturated rings. The monoisotopic (exact) mass is 225 g/mol. The zero-order chi connectivity index (χ0) is 11.8. The molecule has 0 N–H and O–H groups in total. The molecule has 5 nitrogen and oxygen atoms in total. The highest BCUT2D eigenvalue weighted by Gasteiger charge is 2.03. The van der Waals surface area contributed by atoms with Crippen molar-refractivity contribution in [1.29, 1.82) is 0 Å². The topological polar surface area (TPSA) is 57.7 Å². The lowest BCUT2D eigenvalue weighted by Crippen LogP contribution is -2.03. The molecule has 0 saturated carbocycles. The van der Waals surface area contributed by atoms with Crippen molar-refractivity contribution in [2.75, 3.05) is 27.4 Å². The Hall–Kier alpha value is -1.62. The van der Waals surface area contributed by atoms with Gasteiger partial charge in [0.15, 0.2) is 0 Å². The molecule has 1 heterocycles. The summed E-state index contributed by atoms with van der Waals surface area (Å²) >= 11 is 0. The standard InChI is InChI=1S/C11H15NO4/c1-14-4-3-5-16-11-7-9(8-13)6-10(12-11)15-2/h6-8H,3-5H2,1-2H3. The van der Waals surface area contributed by atoms with E-state index in [1.165, 1.54) is 7.11 Å². The van der Waals surface area contributed by atoms with Gasteiger partial charge in [-0.25, -0.2) is 0 Å². The lowest BCUT2D eigenvalue weighted by Gasteiger charge is -2.07. The highest BCUT2D eigenvalue weighted by atomic mass is 16.5. The van der Waals surface area contributed by atoms with E-state index in [0.29, 0.717) is 30.5 Å². The summed E-state index contributed by atoms with van der Waals surface area (Å²) in [5.41, 5.74) is 0.480. The van der Waals surface area contributed by atoms with Gasteiger partial charge in [-0.15, -0.1) is 0 Å². The van der Waals surface area contributed by atoms with Gasteiger partial charge in [0.05, 0.1) is 13.7 Å². The zero-order valence-corrected chi connectivity index (χ0v) is 9.43.